The molecule has 5 rings (SSSR count). The topological polar surface area (TPSA) is 104 Å². The fourth-order valence-electron chi connectivity index (χ4n) is 4.58. The van der Waals surface area contributed by atoms with Crippen molar-refractivity contribution in [2.45, 2.75) is 37.8 Å². The van der Waals surface area contributed by atoms with Crippen molar-refractivity contribution < 1.29 is 27.8 Å². The molecule has 7 nitrogen and oxygen atoms in total. The smallest absolute Gasteiger partial charge is 0.259 e. The van der Waals surface area contributed by atoms with Gasteiger partial charge in [-0.2, -0.15) is 4.39 Å². The fourth-order valence-corrected chi connectivity index (χ4v) is 4.70. The zero-order valence-electron chi connectivity index (χ0n) is 16.6. The van der Waals surface area contributed by atoms with Crippen LogP contribution in [-0.2, 0) is 9.59 Å². The van der Waals surface area contributed by atoms with Gasteiger partial charge in [-0.15, -0.1) is 0 Å². The number of ether oxygens (including phenoxy) is 2. The number of primary amides is 1. The molecule has 2 bridgehead atoms. The number of nitrogens with zero attached hydrogens (tertiary/aromatic N) is 1. The molecule has 3 aliphatic rings. The molecule has 1 unspecified atom stereocenters. The summed E-state index contributed by atoms with van der Waals surface area (Å²) in [4.78, 5) is 27.8. The van der Waals surface area contributed by atoms with Crippen molar-refractivity contribution in [2.75, 3.05) is 6.61 Å². The fraction of sp³-hybridized carbons (Fsp3) is 0.381. The lowest BCUT2D eigenvalue weighted by molar-refractivity contribution is -0.208. The molecule has 0 spiro atoms. The molecule has 3 fully saturated rings. The molecular formula is C21H20ClF2N3O4. The van der Waals surface area contributed by atoms with Gasteiger partial charge in [-0.25, -0.2) is 9.37 Å². The van der Waals surface area contributed by atoms with Crippen LogP contribution in [0, 0.1) is 24.1 Å². The molecule has 1 aromatic carbocycles. The number of nitrogens with two attached hydrogens (primary N) is 1. The van der Waals surface area contributed by atoms with Crippen molar-refractivity contribution in [2.24, 2.45) is 11.1 Å². The molecule has 3 saturated carbocycles. The van der Waals surface area contributed by atoms with Gasteiger partial charge in [-0.3, -0.25) is 9.59 Å². The van der Waals surface area contributed by atoms with Gasteiger partial charge in [0.15, 0.2) is 12.7 Å². The van der Waals surface area contributed by atoms with Crippen LogP contribution in [0.25, 0.3) is 0 Å². The molecular weight excluding hydrogens is 432 g/mol. The van der Waals surface area contributed by atoms with Gasteiger partial charge in [0.1, 0.15) is 17.3 Å². The highest BCUT2D eigenvalue weighted by Crippen LogP contribution is 2.69. The molecule has 164 valence electrons. The Bertz CT molecular complexity index is 1050. The molecule has 3 aliphatic carbocycles. The summed E-state index contributed by atoms with van der Waals surface area (Å²) in [5.74, 6) is -1.80. The molecule has 0 saturated heterocycles. The van der Waals surface area contributed by atoms with Gasteiger partial charge in [-0.05, 0) is 49.9 Å². The van der Waals surface area contributed by atoms with Gasteiger partial charge in [0, 0.05) is 17.0 Å². The SMILES string of the molecule is Cc1cc(F)ncc1OCC(=O)NC12CC(C(Oc3ccc(Cl)c(F)c3)C(N)=O)(C1)C2. The highest BCUT2D eigenvalue weighted by atomic mass is 35.5. The maximum Gasteiger partial charge on any atom is 0.259 e. The van der Waals surface area contributed by atoms with E-state index in [9.17, 15) is 18.4 Å². The molecule has 0 radical (unpaired) electrons. The Morgan fingerprint density at radius 2 is 2.00 bits per heavy atom. The van der Waals surface area contributed by atoms with Crippen molar-refractivity contribution in [3.8, 4) is 11.5 Å². The number of halogens is 3. The van der Waals surface area contributed by atoms with Gasteiger partial charge in [-0.1, -0.05) is 11.6 Å². The van der Waals surface area contributed by atoms with Gasteiger partial charge < -0.3 is 20.5 Å². The van der Waals surface area contributed by atoms with Crippen LogP contribution in [0.3, 0.4) is 0 Å². The van der Waals surface area contributed by atoms with Crippen LogP contribution >= 0.6 is 11.6 Å². The van der Waals surface area contributed by atoms with Crippen molar-refractivity contribution in [1.29, 1.82) is 0 Å². The van der Waals surface area contributed by atoms with Gasteiger partial charge >= 0.3 is 0 Å². The van der Waals surface area contributed by atoms with E-state index >= 15 is 0 Å². The van der Waals surface area contributed by atoms with Crippen molar-refractivity contribution in [1.82, 2.24) is 10.3 Å². The number of carbonyl (C=O) groups excluding carboxylic acids is 2. The summed E-state index contributed by atoms with van der Waals surface area (Å²) in [6.07, 6.45) is 1.80. The first-order valence-electron chi connectivity index (χ1n) is 9.58. The second kappa shape index (κ2) is 7.64. The maximum atomic E-state index is 13.7. The Balaban J connectivity index is 1.32. The van der Waals surface area contributed by atoms with Crippen molar-refractivity contribution in [3.63, 3.8) is 0 Å². The monoisotopic (exact) mass is 451 g/mol. The van der Waals surface area contributed by atoms with E-state index in [1.54, 1.807) is 6.92 Å². The van der Waals surface area contributed by atoms with Crippen molar-refractivity contribution in [3.05, 3.63) is 52.8 Å². The molecule has 0 aliphatic heterocycles. The Labute approximate surface area is 181 Å². The quantitative estimate of drug-likeness (QED) is 0.600. The Hall–Kier alpha value is -2.94. The summed E-state index contributed by atoms with van der Waals surface area (Å²) >= 11 is 5.67. The van der Waals surface area contributed by atoms with Crippen LogP contribution in [0.1, 0.15) is 24.8 Å². The second-order valence-electron chi connectivity index (χ2n) is 8.26. The molecule has 1 aromatic heterocycles. The number of carbonyl (C=O) groups is 2. The molecule has 2 amide bonds. The number of aryl methyl sites for hydroxylation is 1. The van der Waals surface area contributed by atoms with Crippen LogP contribution < -0.4 is 20.5 Å². The average Bonchev–Trinajstić information content (AvgIpc) is 2.64. The number of hydrogen-bond acceptors (Lipinski definition) is 5. The van der Waals surface area contributed by atoms with E-state index in [1.807, 2.05) is 0 Å². The zero-order valence-corrected chi connectivity index (χ0v) is 17.3. The van der Waals surface area contributed by atoms with Gasteiger partial charge in [0.05, 0.1) is 11.2 Å². The van der Waals surface area contributed by atoms with Crippen LogP contribution in [0.2, 0.25) is 5.02 Å². The maximum absolute atomic E-state index is 13.7. The minimum Gasteiger partial charge on any atom is -0.482 e. The number of nitrogens with one attached hydrogen (secondary N) is 1. The predicted molar refractivity (Wildman–Crippen MR) is 107 cm³/mol. The highest BCUT2D eigenvalue weighted by molar-refractivity contribution is 6.30. The lowest BCUT2D eigenvalue weighted by Crippen LogP contribution is -2.80. The summed E-state index contributed by atoms with van der Waals surface area (Å²) in [5, 5.41) is 2.86. The second-order valence-corrected chi connectivity index (χ2v) is 8.67. The van der Waals surface area contributed by atoms with Crippen LogP contribution in [-0.4, -0.2) is 35.0 Å². The standard InChI is InChI=1S/C21H20ClF2N3O4/c1-11-4-16(24)26-6-15(11)30-7-17(28)27-21-8-20(9-21,10-21)18(19(25)29)31-12-2-3-13(22)14(23)5-12/h2-6,18H,7-10H2,1H3,(H2,25,29)(H,27,28). The van der Waals surface area contributed by atoms with E-state index < -0.39 is 34.7 Å². The van der Waals surface area contributed by atoms with E-state index in [2.05, 4.69) is 10.3 Å². The third-order valence-corrected chi connectivity index (χ3v) is 6.13. The van der Waals surface area contributed by atoms with E-state index in [-0.39, 0.29) is 23.3 Å². The Morgan fingerprint density at radius 1 is 1.29 bits per heavy atom. The lowest BCUT2D eigenvalue weighted by Gasteiger charge is -2.71. The first-order chi connectivity index (χ1) is 14.6. The first kappa shape index (κ1) is 21.3. The lowest BCUT2D eigenvalue weighted by atomic mass is 9.37. The molecule has 10 heteroatoms. The number of rotatable bonds is 8. The summed E-state index contributed by atoms with van der Waals surface area (Å²) in [6.45, 7) is 1.40. The van der Waals surface area contributed by atoms with E-state index in [0.29, 0.717) is 30.6 Å². The highest BCUT2D eigenvalue weighted by Gasteiger charge is 2.73. The van der Waals surface area contributed by atoms with Gasteiger partial charge in [0.25, 0.3) is 11.8 Å². The number of amides is 2. The summed E-state index contributed by atoms with van der Waals surface area (Å²) < 4.78 is 37.8. The molecule has 31 heavy (non-hydrogen) atoms. The number of hydrogen-bond donors (Lipinski definition) is 2. The van der Waals surface area contributed by atoms with Crippen LogP contribution in [0.5, 0.6) is 11.5 Å². The number of benzene rings is 1. The van der Waals surface area contributed by atoms with E-state index in [4.69, 9.17) is 26.8 Å². The summed E-state index contributed by atoms with van der Waals surface area (Å²) in [6, 6.07) is 5.12. The number of pyridine rings is 1. The minimum atomic E-state index is -0.948. The molecule has 3 N–H and O–H groups in total. The third kappa shape index (κ3) is 4.01. The number of aromatic nitrogens is 1. The average molecular weight is 452 g/mol. The third-order valence-electron chi connectivity index (χ3n) is 5.82. The molecule has 2 aromatic rings. The predicted octanol–water partition coefficient (Wildman–Crippen LogP) is 2.67. The van der Waals surface area contributed by atoms with Crippen molar-refractivity contribution >= 4 is 23.4 Å². The largest absolute Gasteiger partial charge is 0.482 e. The summed E-state index contributed by atoms with van der Waals surface area (Å²) in [7, 11) is 0. The Morgan fingerprint density at radius 3 is 2.61 bits per heavy atom. The molecule has 1 heterocycles. The Kier molecular flexibility index (Phi) is 5.25. The van der Waals surface area contributed by atoms with E-state index in [1.165, 1.54) is 24.4 Å². The normalized spacial score (nSPS) is 24.4. The zero-order chi connectivity index (χ0) is 22.4. The minimum absolute atomic E-state index is 0.0519. The molecule has 1 atom stereocenters. The van der Waals surface area contributed by atoms with Crippen LogP contribution in [0.4, 0.5) is 8.78 Å². The summed E-state index contributed by atoms with van der Waals surface area (Å²) in [5.41, 5.74) is 5.11. The van der Waals surface area contributed by atoms with Gasteiger partial charge in [0.2, 0.25) is 5.95 Å². The first-order valence-corrected chi connectivity index (χ1v) is 9.96. The van der Waals surface area contributed by atoms with E-state index in [0.717, 1.165) is 6.07 Å². The van der Waals surface area contributed by atoms with Crippen LogP contribution in [0.15, 0.2) is 30.5 Å².